The lowest BCUT2D eigenvalue weighted by molar-refractivity contribution is 0.0179. The molecule has 4 rings (SSSR count). The molecule has 7 heteroatoms. The van der Waals surface area contributed by atoms with E-state index in [1.54, 1.807) is 11.0 Å². The Morgan fingerprint density at radius 3 is 2.33 bits per heavy atom. The number of rotatable bonds is 2. The van der Waals surface area contributed by atoms with Gasteiger partial charge in [0.1, 0.15) is 5.52 Å². The highest BCUT2D eigenvalue weighted by atomic mass is 16.4. The highest BCUT2D eigenvalue weighted by molar-refractivity contribution is 5.97. The minimum Gasteiger partial charge on any atom is -0.465 e. The lowest BCUT2D eigenvalue weighted by atomic mass is 9.86. The number of carbonyl (C=O) groups is 2. The zero-order valence-electron chi connectivity index (χ0n) is 20.1. The van der Waals surface area contributed by atoms with Crippen molar-refractivity contribution in [3.05, 3.63) is 53.3 Å². The van der Waals surface area contributed by atoms with Crippen LogP contribution in [-0.4, -0.2) is 57.1 Å². The van der Waals surface area contributed by atoms with Gasteiger partial charge in [0.2, 0.25) is 0 Å². The van der Waals surface area contributed by atoms with Crippen molar-refractivity contribution in [2.45, 2.75) is 52.5 Å². The largest absolute Gasteiger partial charge is 0.465 e. The van der Waals surface area contributed by atoms with Crippen molar-refractivity contribution in [2.75, 3.05) is 19.6 Å². The summed E-state index contributed by atoms with van der Waals surface area (Å²) in [6, 6.07) is 12.0. The Morgan fingerprint density at radius 1 is 1.09 bits per heavy atom. The summed E-state index contributed by atoms with van der Waals surface area (Å²) in [6.07, 6.45) is -0.971. The minimum atomic E-state index is -0.971. The second kappa shape index (κ2) is 7.90. The zero-order valence-corrected chi connectivity index (χ0v) is 20.1. The maximum absolute atomic E-state index is 13.5. The van der Waals surface area contributed by atoms with Crippen molar-refractivity contribution in [2.24, 2.45) is 0 Å². The van der Waals surface area contributed by atoms with Gasteiger partial charge in [-0.3, -0.25) is 4.79 Å². The third-order valence-electron chi connectivity index (χ3n) is 6.26. The third-order valence-corrected chi connectivity index (χ3v) is 6.26. The Balaban J connectivity index is 1.76. The van der Waals surface area contributed by atoms with Crippen molar-refractivity contribution in [3.8, 4) is 11.3 Å². The van der Waals surface area contributed by atoms with Crippen LogP contribution in [0.15, 0.2) is 40.8 Å². The summed E-state index contributed by atoms with van der Waals surface area (Å²) in [5.41, 5.74) is 4.39. The maximum Gasteiger partial charge on any atom is 0.407 e. The normalized spacial score (nSPS) is 16.3. The first-order valence-corrected chi connectivity index (χ1v) is 11.2. The van der Waals surface area contributed by atoms with Crippen molar-refractivity contribution in [1.82, 2.24) is 14.8 Å². The Morgan fingerprint density at radius 2 is 1.76 bits per heavy atom. The lowest BCUT2D eigenvalue weighted by Crippen LogP contribution is -2.61. The number of amides is 2. The number of carboxylic acid groups (broad SMARTS) is 1. The quantitative estimate of drug-likeness (QED) is 0.572. The van der Waals surface area contributed by atoms with Gasteiger partial charge in [0, 0.05) is 36.8 Å². The minimum absolute atomic E-state index is 0.217. The van der Waals surface area contributed by atoms with Crippen molar-refractivity contribution in [1.29, 1.82) is 0 Å². The van der Waals surface area contributed by atoms with E-state index in [4.69, 9.17) is 9.40 Å². The molecule has 0 saturated carbocycles. The van der Waals surface area contributed by atoms with Crippen LogP contribution < -0.4 is 0 Å². The van der Waals surface area contributed by atoms with Crippen molar-refractivity contribution in [3.63, 3.8) is 0 Å². The van der Waals surface area contributed by atoms with Gasteiger partial charge in [0.15, 0.2) is 11.3 Å². The molecule has 1 saturated heterocycles. The van der Waals surface area contributed by atoms with Gasteiger partial charge >= 0.3 is 6.09 Å². The summed E-state index contributed by atoms with van der Waals surface area (Å²) in [5, 5.41) is 9.35. The maximum atomic E-state index is 13.5. The number of fused-ring (bicyclic) bond motifs is 1. The van der Waals surface area contributed by atoms with Gasteiger partial charge in [-0.15, -0.1) is 0 Å². The second-order valence-corrected chi connectivity index (χ2v) is 10.5. The molecule has 7 nitrogen and oxygen atoms in total. The van der Waals surface area contributed by atoms with E-state index in [0.29, 0.717) is 17.6 Å². The summed E-state index contributed by atoms with van der Waals surface area (Å²) in [4.78, 5) is 32.7. The molecule has 0 radical (unpaired) electrons. The summed E-state index contributed by atoms with van der Waals surface area (Å²) in [6.45, 7) is 13.0. The second-order valence-electron chi connectivity index (χ2n) is 10.5. The Labute approximate surface area is 194 Å². The Kier molecular flexibility index (Phi) is 5.47. The van der Waals surface area contributed by atoms with E-state index in [2.05, 4.69) is 32.9 Å². The predicted molar refractivity (Wildman–Crippen MR) is 128 cm³/mol. The van der Waals surface area contributed by atoms with Gasteiger partial charge in [-0.1, -0.05) is 50.6 Å². The van der Waals surface area contributed by atoms with E-state index in [0.717, 1.165) is 16.8 Å². The Hall–Kier alpha value is -3.35. The lowest BCUT2D eigenvalue weighted by Gasteiger charge is -2.45. The molecule has 0 aliphatic carbocycles. The number of aryl methyl sites for hydroxylation is 1. The average Bonchev–Trinajstić information content (AvgIpc) is 3.15. The number of pyridine rings is 1. The van der Waals surface area contributed by atoms with Gasteiger partial charge in [0.05, 0.1) is 11.2 Å². The van der Waals surface area contributed by atoms with Crippen LogP contribution in [0.3, 0.4) is 0 Å². The molecule has 3 aromatic rings. The van der Waals surface area contributed by atoms with Gasteiger partial charge in [-0.25, -0.2) is 9.78 Å². The van der Waals surface area contributed by atoms with E-state index in [1.807, 2.05) is 39.0 Å². The fraction of sp³-hybridized carbons (Fsp3) is 0.423. The molecule has 1 aromatic carbocycles. The van der Waals surface area contributed by atoms with Crippen LogP contribution in [0.4, 0.5) is 4.79 Å². The number of carbonyl (C=O) groups excluding carboxylic acids is 1. The molecule has 1 aliphatic rings. The van der Waals surface area contributed by atoms with Crippen LogP contribution in [0.2, 0.25) is 0 Å². The van der Waals surface area contributed by atoms with Crippen LogP contribution in [0.1, 0.15) is 56.3 Å². The van der Waals surface area contributed by atoms with Crippen LogP contribution in [0, 0.1) is 6.92 Å². The smallest absolute Gasteiger partial charge is 0.407 e. The van der Waals surface area contributed by atoms with Crippen LogP contribution in [0.5, 0.6) is 0 Å². The molecule has 1 fully saturated rings. The topological polar surface area (TPSA) is 86.9 Å². The first-order valence-electron chi connectivity index (χ1n) is 11.2. The van der Waals surface area contributed by atoms with Crippen LogP contribution >= 0.6 is 0 Å². The molecular weight excluding hydrogens is 418 g/mol. The molecular formula is C26H31N3O4. The molecule has 0 bridgehead atoms. The fourth-order valence-corrected chi connectivity index (χ4v) is 4.38. The van der Waals surface area contributed by atoms with Gasteiger partial charge in [0.25, 0.3) is 5.91 Å². The first-order chi connectivity index (χ1) is 15.4. The van der Waals surface area contributed by atoms with E-state index >= 15 is 0 Å². The number of nitrogens with zero attached hydrogens (tertiary/aromatic N) is 3. The zero-order chi connectivity index (χ0) is 24.1. The van der Waals surface area contributed by atoms with Crippen molar-refractivity contribution >= 4 is 23.1 Å². The summed E-state index contributed by atoms with van der Waals surface area (Å²) in [5.74, 6) is -0.0271. The molecule has 3 heterocycles. The molecule has 0 atom stereocenters. The SMILES string of the molecule is Cc1ccc(-c2cc(C(C)(C)C)c3oc(C(=O)N4CCN(C(=O)O)CC4(C)C)cc3n2)cc1. The summed E-state index contributed by atoms with van der Waals surface area (Å²) >= 11 is 0. The Bertz CT molecular complexity index is 1220. The summed E-state index contributed by atoms with van der Waals surface area (Å²) < 4.78 is 6.13. The first kappa shape index (κ1) is 22.8. The average molecular weight is 450 g/mol. The standard InChI is InChI=1S/C26H31N3O4/c1-16-7-9-17(10-8-16)19-13-18(25(2,3)4)22-20(27-19)14-21(33-22)23(30)29-12-11-28(24(31)32)15-26(29,5)6/h7-10,13-14H,11-12,15H2,1-6H3,(H,31,32). The highest BCUT2D eigenvalue weighted by Crippen LogP contribution is 2.35. The molecule has 1 N–H and O–H groups in total. The number of hydrogen-bond acceptors (Lipinski definition) is 4. The van der Waals surface area contributed by atoms with Gasteiger partial charge in [-0.05, 0) is 32.3 Å². The number of piperazine rings is 1. The van der Waals surface area contributed by atoms with Crippen LogP contribution in [0.25, 0.3) is 22.4 Å². The molecule has 1 aliphatic heterocycles. The van der Waals surface area contributed by atoms with Gasteiger partial charge < -0.3 is 19.3 Å². The van der Waals surface area contributed by atoms with E-state index in [1.165, 1.54) is 10.5 Å². The molecule has 0 unspecified atom stereocenters. The van der Waals surface area contributed by atoms with Crippen LogP contribution in [-0.2, 0) is 5.41 Å². The predicted octanol–water partition coefficient (Wildman–Crippen LogP) is 5.32. The number of aromatic nitrogens is 1. The van der Waals surface area contributed by atoms with Crippen molar-refractivity contribution < 1.29 is 19.1 Å². The number of benzene rings is 1. The van der Waals surface area contributed by atoms with E-state index < -0.39 is 11.6 Å². The van der Waals surface area contributed by atoms with E-state index in [-0.39, 0.29) is 30.2 Å². The molecule has 174 valence electrons. The van der Waals surface area contributed by atoms with Gasteiger partial charge in [-0.2, -0.15) is 0 Å². The highest BCUT2D eigenvalue weighted by Gasteiger charge is 2.40. The third kappa shape index (κ3) is 4.32. The number of hydrogen-bond donors (Lipinski definition) is 1. The molecule has 0 spiro atoms. The number of furan rings is 1. The monoisotopic (exact) mass is 449 g/mol. The fourth-order valence-electron chi connectivity index (χ4n) is 4.38. The van der Waals surface area contributed by atoms with E-state index in [9.17, 15) is 14.7 Å². The molecule has 2 aromatic heterocycles. The molecule has 33 heavy (non-hydrogen) atoms. The summed E-state index contributed by atoms with van der Waals surface area (Å²) in [7, 11) is 0. The molecule has 2 amide bonds.